The molecule has 0 rings (SSSR count). The van der Waals surface area contributed by atoms with Gasteiger partial charge in [-0.1, -0.05) is 0 Å². The van der Waals surface area contributed by atoms with Gasteiger partial charge in [0.15, 0.2) is 0 Å². The van der Waals surface area contributed by atoms with Crippen molar-refractivity contribution in [3.63, 3.8) is 0 Å². The van der Waals surface area contributed by atoms with Crippen LogP contribution in [0.2, 0.25) is 0 Å². The second-order valence-electron chi connectivity index (χ2n) is 0.577. The van der Waals surface area contributed by atoms with Crippen molar-refractivity contribution >= 4 is 0 Å². The zero-order valence-electron chi connectivity index (χ0n) is 3.36. The monoisotopic (exact) mass is 263 g/mol. The van der Waals surface area contributed by atoms with E-state index in [9.17, 15) is 0 Å². The Morgan fingerprint density at radius 2 is 1.33 bits per heavy atom. The first-order valence-corrected chi connectivity index (χ1v) is 2.58. The molecule has 0 aromatic heterocycles. The summed E-state index contributed by atoms with van der Waals surface area (Å²) in [6, 6.07) is 0. The average Bonchev–Trinajstić information content (AvgIpc) is 1.72. The predicted octanol–water partition coefficient (Wildman–Crippen LogP) is -1.22. The standard InChI is InChI=1S/C2H8N2.O.Re/c3-1-2-4;;/h1-4H2;;. The molecule has 4 N–H and O–H groups in total. The fourth-order valence-electron chi connectivity index (χ4n) is 0. The topological polar surface area (TPSA) is 69.1 Å². The van der Waals surface area contributed by atoms with Crippen molar-refractivity contribution in [1.82, 2.24) is 0 Å². The van der Waals surface area contributed by atoms with E-state index in [4.69, 9.17) is 14.9 Å². The molecular formula is C2H8N2ORe. The van der Waals surface area contributed by atoms with Gasteiger partial charge >= 0.3 is 22.6 Å². The molecule has 0 radical (unpaired) electrons. The molecule has 0 saturated carbocycles. The van der Waals surface area contributed by atoms with Crippen LogP contribution >= 0.6 is 0 Å². The fourth-order valence-corrected chi connectivity index (χ4v) is 0. The van der Waals surface area contributed by atoms with E-state index in [0.717, 1.165) is 0 Å². The first-order chi connectivity index (χ1) is 2.91. The van der Waals surface area contributed by atoms with Gasteiger partial charge < -0.3 is 11.5 Å². The first-order valence-electron chi connectivity index (χ1n) is 1.47. The van der Waals surface area contributed by atoms with E-state index in [2.05, 4.69) is 0 Å². The molecule has 3 nitrogen and oxygen atoms in total. The third-order valence-corrected chi connectivity index (χ3v) is 0.167. The van der Waals surface area contributed by atoms with Crippen LogP contribution in [0.15, 0.2) is 0 Å². The second kappa shape index (κ2) is 18.2. The van der Waals surface area contributed by atoms with Crippen LogP contribution < -0.4 is 11.5 Å². The molecule has 0 aromatic rings. The van der Waals surface area contributed by atoms with Crippen molar-refractivity contribution in [2.45, 2.75) is 0 Å². The van der Waals surface area contributed by atoms with E-state index < -0.39 is 0 Å². The van der Waals surface area contributed by atoms with E-state index in [1.54, 1.807) is 0 Å². The van der Waals surface area contributed by atoms with E-state index in [1.807, 2.05) is 0 Å². The Bertz CT molecular complexity index is 19.0. The van der Waals surface area contributed by atoms with Gasteiger partial charge in [0.2, 0.25) is 0 Å². The van der Waals surface area contributed by atoms with E-state index >= 15 is 0 Å². The molecule has 6 heavy (non-hydrogen) atoms. The molecule has 0 spiro atoms. The summed E-state index contributed by atoms with van der Waals surface area (Å²) in [6.45, 7) is 1.19. The summed E-state index contributed by atoms with van der Waals surface area (Å²) in [6.07, 6.45) is 0. The Morgan fingerprint density at radius 1 is 1.17 bits per heavy atom. The Hall–Kier alpha value is 0.382. The minimum atomic E-state index is 0.472. The van der Waals surface area contributed by atoms with Crippen LogP contribution in [0.4, 0.5) is 0 Å². The molecule has 0 aliphatic carbocycles. The van der Waals surface area contributed by atoms with Gasteiger partial charge in [-0.25, -0.2) is 0 Å². The molecule has 0 aliphatic rings. The quantitative estimate of drug-likeness (QED) is 0.622. The van der Waals surface area contributed by atoms with E-state index in [-0.39, 0.29) is 0 Å². The van der Waals surface area contributed by atoms with Crippen molar-refractivity contribution in [2.24, 2.45) is 11.5 Å². The second-order valence-corrected chi connectivity index (χ2v) is 0.577. The average molecular weight is 262 g/mol. The van der Waals surface area contributed by atoms with E-state index in [1.165, 1.54) is 0 Å². The molecule has 0 fully saturated rings. The Morgan fingerprint density at radius 3 is 1.33 bits per heavy atom. The van der Waals surface area contributed by atoms with Crippen LogP contribution in [-0.4, -0.2) is 13.1 Å². The van der Waals surface area contributed by atoms with E-state index in [0.29, 0.717) is 32.2 Å². The van der Waals surface area contributed by atoms with Gasteiger partial charge in [-0.2, -0.15) is 0 Å². The minimum absolute atomic E-state index is 0.472. The van der Waals surface area contributed by atoms with Gasteiger partial charge in [0.05, 0.1) is 0 Å². The third-order valence-electron chi connectivity index (χ3n) is 0.167. The summed E-state index contributed by atoms with van der Waals surface area (Å²) in [5, 5.41) is 0. The van der Waals surface area contributed by atoms with Crippen molar-refractivity contribution in [3.8, 4) is 0 Å². The SMILES string of the molecule is NCCN.[O]=[Re]. The Labute approximate surface area is 47.8 Å². The van der Waals surface area contributed by atoms with Gasteiger partial charge in [0.25, 0.3) is 0 Å². The van der Waals surface area contributed by atoms with Crippen LogP contribution in [-0.2, 0) is 22.6 Å². The van der Waals surface area contributed by atoms with Crippen molar-refractivity contribution in [1.29, 1.82) is 0 Å². The normalized spacial score (nSPS) is 5.67. The zero-order valence-corrected chi connectivity index (χ0v) is 6.07. The summed E-state index contributed by atoms with van der Waals surface area (Å²) >= 11 is 0.472. The van der Waals surface area contributed by atoms with Gasteiger partial charge in [0, 0.05) is 13.1 Å². The Balaban J connectivity index is 0. The molecule has 0 bridgehead atoms. The van der Waals surface area contributed by atoms with Crippen LogP contribution in [0, 0.1) is 0 Å². The summed E-state index contributed by atoms with van der Waals surface area (Å²) in [5.74, 6) is 0. The van der Waals surface area contributed by atoms with Crippen molar-refractivity contribution in [3.05, 3.63) is 0 Å². The van der Waals surface area contributed by atoms with Crippen LogP contribution in [0.3, 0.4) is 0 Å². The molecule has 0 atom stereocenters. The van der Waals surface area contributed by atoms with Gasteiger partial charge in [0.1, 0.15) is 0 Å². The molecule has 0 aliphatic heterocycles. The molecule has 4 heteroatoms. The number of hydrogen-bond donors (Lipinski definition) is 2. The van der Waals surface area contributed by atoms with Crippen LogP contribution in [0.1, 0.15) is 0 Å². The summed E-state index contributed by atoms with van der Waals surface area (Å²) in [7, 11) is 0. The molecule has 0 heterocycles. The molecule has 0 saturated heterocycles. The molecule has 0 amide bonds. The fraction of sp³-hybridized carbons (Fsp3) is 1.00. The van der Waals surface area contributed by atoms with Crippen molar-refractivity contribution in [2.75, 3.05) is 13.1 Å². The molecule has 39 valence electrons. The number of nitrogens with two attached hydrogens (primary N) is 2. The van der Waals surface area contributed by atoms with Crippen LogP contribution in [0.25, 0.3) is 0 Å². The van der Waals surface area contributed by atoms with Crippen molar-refractivity contribution < 1.29 is 22.6 Å². The first kappa shape index (κ1) is 9.63. The summed E-state index contributed by atoms with van der Waals surface area (Å²) < 4.78 is 8.31. The Kier molecular flexibility index (Phi) is 29.2. The summed E-state index contributed by atoms with van der Waals surface area (Å²) in [5.41, 5.74) is 9.81. The maximum atomic E-state index is 8.31. The third kappa shape index (κ3) is 26.2. The predicted molar refractivity (Wildman–Crippen MR) is 18.8 cm³/mol. The van der Waals surface area contributed by atoms with Gasteiger partial charge in [-0.15, -0.1) is 0 Å². The zero-order chi connectivity index (χ0) is 5.41. The molecular weight excluding hydrogens is 254 g/mol. The molecule has 0 aromatic carbocycles. The van der Waals surface area contributed by atoms with Crippen LogP contribution in [0.5, 0.6) is 0 Å². The summed E-state index contributed by atoms with van der Waals surface area (Å²) in [4.78, 5) is 0. The van der Waals surface area contributed by atoms with Gasteiger partial charge in [-0.05, 0) is 0 Å². The number of hydrogen-bond acceptors (Lipinski definition) is 3. The maximum absolute atomic E-state index is 8.31. The molecule has 0 unspecified atom stereocenters. The number of rotatable bonds is 1. The van der Waals surface area contributed by atoms with Gasteiger partial charge in [-0.3, -0.25) is 0 Å².